The highest BCUT2D eigenvalue weighted by Crippen LogP contribution is 2.28. The Kier molecular flexibility index (Phi) is 4.52. The fraction of sp³-hybridized carbons (Fsp3) is 0.200. The smallest absolute Gasteiger partial charge is 0.200 e. The first-order valence-corrected chi connectivity index (χ1v) is 7.89. The average Bonchev–Trinajstić information content (AvgIpc) is 2.76. The first-order chi connectivity index (χ1) is 7.79. The van der Waals surface area contributed by atoms with Crippen LogP contribution in [0.2, 0.25) is 5.02 Å². The molecule has 0 bridgehead atoms. The molecule has 0 spiro atoms. The van der Waals surface area contributed by atoms with Gasteiger partial charge >= 0.3 is 0 Å². The largest absolute Gasteiger partial charge is 0.203 e. The Labute approximate surface area is 112 Å². The van der Waals surface area contributed by atoms with E-state index in [9.17, 15) is 0 Å². The molecule has 2 rings (SSSR count). The predicted octanol–water partition coefficient (Wildman–Crippen LogP) is 4.21. The number of halogens is 1. The van der Waals surface area contributed by atoms with Gasteiger partial charge < -0.3 is 0 Å². The topological polar surface area (TPSA) is 25.8 Å². The van der Waals surface area contributed by atoms with Crippen LogP contribution in [0.3, 0.4) is 0 Å². The number of benzene rings is 1. The third kappa shape index (κ3) is 3.13. The molecule has 0 amide bonds. The van der Waals surface area contributed by atoms with Crippen molar-refractivity contribution >= 4 is 46.7 Å². The van der Waals surface area contributed by atoms with Crippen LogP contribution >= 0.6 is 46.7 Å². The fourth-order valence-electron chi connectivity index (χ4n) is 1.09. The molecule has 0 saturated heterocycles. The summed E-state index contributed by atoms with van der Waals surface area (Å²) in [6.07, 6.45) is 1.98. The Morgan fingerprint density at radius 2 is 2.19 bits per heavy atom. The zero-order valence-corrected chi connectivity index (χ0v) is 11.7. The van der Waals surface area contributed by atoms with Gasteiger partial charge in [0.15, 0.2) is 4.34 Å². The van der Waals surface area contributed by atoms with E-state index in [-0.39, 0.29) is 0 Å². The molecule has 2 aromatic rings. The molecular weight excluding hydrogens is 280 g/mol. The number of rotatable bonds is 4. The molecule has 6 heteroatoms. The van der Waals surface area contributed by atoms with Gasteiger partial charge in [0.1, 0.15) is 0 Å². The first-order valence-electron chi connectivity index (χ1n) is 4.53. The minimum absolute atomic E-state index is 0.810. The predicted molar refractivity (Wildman–Crippen MR) is 72.7 cm³/mol. The molecule has 1 aromatic carbocycles. The average molecular weight is 289 g/mol. The van der Waals surface area contributed by atoms with Gasteiger partial charge in [-0.15, -0.1) is 0 Å². The van der Waals surface area contributed by atoms with Crippen LogP contribution < -0.4 is 0 Å². The molecule has 0 unspecified atom stereocenters. The van der Waals surface area contributed by atoms with E-state index in [4.69, 9.17) is 11.6 Å². The molecule has 0 N–H and O–H groups in total. The summed E-state index contributed by atoms with van der Waals surface area (Å²) in [5.41, 5.74) is 1.13. The minimum atomic E-state index is 0.810. The number of nitrogens with zero attached hydrogens (tertiary/aromatic N) is 2. The summed E-state index contributed by atoms with van der Waals surface area (Å²) < 4.78 is 5.20. The molecule has 0 fully saturated rings. The highest BCUT2D eigenvalue weighted by atomic mass is 35.5. The maximum absolute atomic E-state index is 6.07. The summed E-state index contributed by atoms with van der Waals surface area (Å²) >= 11 is 10.7. The van der Waals surface area contributed by atoms with Crippen LogP contribution in [0, 0.1) is 0 Å². The zero-order chi connectivity index (χ0) is 11.4. The molecule has 0 radical (unpaired) electrons. The Hall–Kier alpha value is -0.230. The molecule has 0 saturated carbocycles. The van der Waals surface area contributed by atoms with E-state index < -0.39 is 0 Å². The van der Waals surface area contributed by atoms with Gasteiger partial charge in [0.25, 0.3) is 0 Å². The monoisotopic (exact) mass is 288 g/mol. The lowest BCUT2D eigenvalue weighted by Crippen LogP contribution is -1.81. The van der Waals surface area contributed by atoms with Gasteiger partial charge in [0.05, 0.1) is 0 Å². The van der Waals surface area contributed by atoms with Crippen molar-refractivity contribution in [1.82, 2.24) is 9.36 Å². The lowest BCUT2D eigenvalue weighted by atomic mass is 10.2. The molecule has 1 aromatic heterocycles. The number of hydrogen-bond donors (Lipinski definition) is 0. The lowest BCUT2D eigenvalue weighted by Gasteiger charge is -2.00. The number of hydrogen-bond acceptors (Lipinski definition) is 5. The number of aromatic nitrogens is 2. The Morgan fingerprint density at radius 3 is 2.88 bits per heavy atom. The van der Waals surface area contributed by atoms with Gasteiger partial charge in [0, 0.05) is 10.8 Å². The van der Waals surface area contributed by atoms with Crippen LogP contribution in [0.4, 0.5) is 0 Å². The van der Waals surface area contributed by atoms with Crippen molar-refractivity contribution < 1.29 is 0 Å². The molecule has 0 aliphatic carbocycles. The summed E-state index contributed by atoms with van der Waals surface area (Å²) in [5.74, 6) is 0.836. The second kappa shape index (κ2) is 5.91. The van der Waals surface area contributed by atoms with Crippen molar-refractivity contribution in [3.8, 4) is 0 Å². The summed E-state index contributed by atoms with van der Waals surface area (Å²) in [6.45, 7) is 0. The van der Waals surface area contributed by atoms with Crippen molar-refractivity contribution in [2.24, 2.45) is 0 Å². The van der Waals surface area contributed by atoms with Gasteiger partial charge in [-0.2, -0.15) is 4.37 Å². The summed E-state index contributed by atoms with van der Waals surface area (Å²) in [6, 6.07) is 7.87. The molecule has 0 atom stereocenters. The van der Waals surface area contributed by atoms with Crippen LogP contribution in [0.1, 0.15) is 5.56 Å². The second-order valence-electron chi connectivity index (χ2n) is 2.93. The second-order valence-corrected chi connectivity index (χ2v) is 6.08. The van der Waals surface area contributed by atoms with E-state index in [2.05, 4.69) is 9.36 Å². The van der Waals surface area contributed by atoms with E-state index in [0.29, 0.717) is 0 Å². The van der Waals surface area contributed by atoms with Crippen LogP contribution in [0.5, 0.6) is 0 Å². The van der Waals surface area contributed by atoms with Gasteiger partial charge in [-0.3, -0.25) is 0 Å². The van der Waals surface area contributed by atoms with Crippen LogP contribution in [-0.2, 0) is 5.75 Å². The van der Waals surface area contributed by atoms with E-state index >= 15 is 0 Å². The van der Waals surface area contributed by atoms with E-state index in [1.54, 1.807) is 23.5 Å². The first kappa shape index (κ1) is 12.2. The third-order valence-electron chi connectivity index (χ3n) is 1.88. The molecule has 84 valence electrons. The Morgan fingerprint density at radius 1 is 1.38 bits per heavy atom. The maximum atomic E-state index is 6.07. The Bertz CT molecular complexity index is 473. The number of thioether (sulfide) groups is 2. The van der Waals surface area contributed by atoms with Gasteiger partial charge in [-0.1, -0.05) is 53.3 Å². The Balaban J connectivity index is 1.99. The summed E-state index contributed by atoms with van der Waals surface area (Å²) in [7, 11) is 0. The quantitative estimate of drug-likeness (QED) is 0.787. The maximum Gasteiger partial charge on any atom is 0.200 e. The highest BCUT2D eigenvalue weighted by molar-refractivity contribution is 8.00. The molecule has 1 heterocycles. The fourth-order valence-corrected chi connectivity index (χ4v) is 3.59. The third-order valence-corrected chi connectivity index (χ3v) is 4.79. The minimum Gasteiger partial charge on any atom is -0.203 e. The van der Waals surface area contributed by atoms with E-state index in [1.807, 2.05) is 30.5 Å². The van der Waals surface area contributed by atoms with E-state index in [1.165, 1.54) is 11.5 Å². The van der Waals surface area contributed by atoms with E-state index in [0.717, 1.165) is 25.8 Å². The molecule has 0 aliphatic rings. The summed E-state index contributed by atoms with van der Waals surface area (Å²) in [4.78, 5) is 4.36. The van der Waals surface area contributed by atoms with Crippen LogP contribution in [-0.4, -0.2) is 15.6 Å². The van der Waals surface area contributed by atoms with Gasteiger partial charge in [-0.25, -0.2) is 4.98 Å². The van der Waals surface area contributed by atoms with Crippen molar-refractivity contribution in [1.29, 1.82) is 0 Å². The van der Waals surface area contributed by atoms with Crippen molar-refractivity contribution in [3.63, 3.8) is 0 Å². The highest BCUT2D eigenvalue weighted by Gasteiger charge is 2.05. The van der Waals surface area contributed by atoms with Crippen molar-refractivity contribution in [2.75, 3.05) is 6.26 Å². The van der Waals surface area contributed by atoms with Crippen LogP contribution in [0.25, 0.3) is 0 Å². The molecular formula is C10H9ClN2S3. The zero-order valence-electron chi connectivity index (χ0n) is 8.51. The standard InChI is InChI=1S/C10H9ClN2S3/c1-14-9-12-10(16-13-9)15-6-7-4-2-3-5-8(7)11/h2-5H,6H2,1H3. The SMILES string of the molecule is CSc1nsc(SCc2ccccc2Cl)n1. The molecule has 0 aliphatic heterocycles. The van der Waals surface area contributed by atoms with Crippen LogP contribution in [0.15, 0.2) is 33.8 Å². The molecule has 2 nitrogen and oxygen atoms in total. The van der Waals surface area contributed by atoms with Gasteiger partial charge in [0.2, 0.25) is 5.16 Å². The molecule has 16 heavy (non-hydrogen) atoms. The van der Waals surface area contributed by atoms with Gasteiger partial charge in [-0.05, 0) is 29.4 Å². The lowest BCUT2D eigenvalue weighted by molar-refractivity contribution is 1.02. The van der Waals surface area contributed by atoms with Crippen molar-refractivity contribution in [2.45, 2.75) is 15.2 Å². The summed E-state index contributed by atoms with van der Waals surface area (Å²) in [5, 5.41) is 1.65. The van der Waals surface area contributed by atoms with Crippen molar-refractivity contribution in [3.05, 3.63) is 34.9 Å². The normalized spacial score (nSPS) is 10.6.